The minimum atomic E-state index is -3.62. The third-order valence-electron chi connectivity index (χ3n) is 3.94. The molecule has 23 heavy (non-hydrogen) atoms. The number of carbonyl (C=O) groups is 1. The van der Waals surface area contributed by atoms with E-state index in [0.717, 1.165) is 35.6 Å². The number of nitrogens with zero attached hydrogens (tertiary/aromatic N) is 1. The number of amides is 1. The van der Waals surface area contributed by atoms with E-state index >= 15 is 0 Å². The fourth-order valence-electron chi connectivity index (χ4n) is 2.62. The summed E-state index contributed by atoms with van der Waals surface area (Å²) in [5.41, 5.74) is 0.813. The molecule has 0 atom stereocenters. The number of rotatable bonds is 6. The molecule has 128 valence electrons. The van der Waals surface area contributed by atoms with Crippen molar-refractivity contribution >= 4 is 15.9 Å². The monoisotopic (exact) mass is 340 g/mol. The molecular weight excluding hydrogens is 316 g/mol. The number of aryl methyl sites for hydroxylation is 1. The van der Waals surface area contributed by atoms with E-state index in [9.17, 15) is 13.2 Å². The van der Waals surface area contributed by atoms with Gasteiger partial charge in [-0.15, -0.1) is 0 Å². The number of sulfonamides is 1. The summed E-state index contributed by atoms with van der Waals surface area (Å²) < 4.78 is 31.4. The summed E-state index contributed by atoms with van der Waals surface area (Å²) in [4.78, 5) is 12.0. The molecule has 0 aliphatic heterocycles. The molecule has 1 saturated carbocycles. The number of nitrogens with one attached hydrogen (secondary N) is 1. The van der Waals surface area contributed by atoms with Crippen LogP contribution in [-0.2, 0) is 14.8 Å². The molecule has 6 nitrogen and oxygen atoms in total. The van der Waals surface area contributed by atoms with E-state index in [2.05, 4.69) is 5.32 Å². The summed E-state index contributed by atoms with van der Waals surface area (Å²) in [5, 5.41) is 2.92. The molecule has 1 aliphatic carbocycles. The van der Waals surface area contributed by atoms with E-state index in [1.807, 2.05) is 6.92 Å². The van der Waals surface area contributed by atoms with Crippen LogP contribution in [0.1, 0.15) is 31.2 Å². The number of benzene rings is 1. The molecule has 0 radical (unpaired) electrons. The lowest BCUT2D eigenvalue weighted by molar-refractivity contribution is -0.123. The smallest absolute Gasteiger partial charge is 0.258 e. The summed E-state index contributed by atoms with van der Waals surface area (Å²) in [5.74, 6) is -0.0171. The van der Waals surface area contributed by atoms with Crippen LogP contribution >= 0.6 is 0 Å². The summed E-state index contributed by atoms with van der Waals surface area (Å²) in [7, 11) is -0.691. The molecule has 0 saturated heterocycles. The zero-order chi connectivity index (χ0) is 17.0. The minimum absolute atomic E-state index is 0.0798. The zero-order valence-electron chi connectivity index (χ0n) is 13.8. The van der Waals surface area contributed by atoms with Crippen LogP contribution in [0.2, 0.25) is 0 Å². The van der Waals surface area contributed by atoms with Crippen LogP contribution in [0.5, 0.6) is 5.75 Å². The average Bonchev–Trinajstić information content (AvgIpc) is 2.98. The molecular formula is C16H24N2O4S. The van der Waals surface area contributed by atoms with Gasteiger partial charge < -0.3 is 10.1 Å². The molecule has 0 bridgehead atoms. The maximum Gasteiger partial charge on any atom is 0.258 e. The fourth-order valence-corrected chi connectivity index (χ4v) is 3.73. The summed E-state index contributed by atoms with van der Waals surface area (Å²) in [6, 6.07) is 5.13. The van der Waals surface area contributed by atoms with Crippen molar-refractivity contribution in [3.63, 3.8) is 0 Å². The Hall–Kier alpha value is -1.60. The maximum atomic E-state index is 12.4. The van der Waals surface area contributed by atoms with Crippen molar-refractivity contribution in [2.45, 2.75) is 43.5 Å². The Morgan fingerprint density at radius 2 is 1.96 bits per heavy atom. The fraction of sp³-hybridized carbons (Fsp3) is 0.562. The molecule has 2 rings (SSSR count). The van der Waals surface area contributed by atoms with Crippen LogP contribution in [0.25, 0.3) is 0 Å². The van der Waals surface area contributed by atoms with E-state index < -0.39 is 10.0 Å². The van der Waals surface area contributed by atoms with Gasteiger partial charge in [-0.25, -0.2) is 12.7 Å². The van der Waals surface area contributed by atoms with E-state index in [4.69, 9.17) is 4.74 Å². The van der Waals surface area contributed by atoms with Crippen LogP contribution in [0.15, 0.2) is 23.1 Å². The summed E-state index contributed by atoms with van der Waals surface area (Å²) in [6.45, 7) is 1.63. The Bertz CT molecular complexity index is 665. The molecule has 1 amide bonds. The van der Waals surface area contributed by atoms with Gasteiger partial charge in [0.15, 0.2) is 6.61 Å². The number of ether oxygens (including phenoxy) is 1. The number of hydrogen-bond donors (Lipinski definition) is 1. The van der Waals surface area contributed by atoms with Crippen LogP contribution in [-0.4, -0.2) is 45.4 Å². The van der Waals surface area contributed by atoms with Crippen molar-refractivity contribution in [3.8, 4) is 5.75 Å². The first-order chi connectivity index (χ1) is 10.8. The molecule has 1 fully saturated rings. The number of carbonyl (C=O) groups excluding carboxylic acids is 1. The van der Waals surface area contributed by atoms with Crippen LogP contribution < -0.4 is 10.1 Å². The highest BCUT2D eigenvalue weighted by Gasteiger charge is 2.23. The lowest BCUT2D eigenvalue weighted by Crippen LogP contribution is -2.36. The SMILES string of the molecule is Cc1ccc(OCC(=O)NC2CCCC2)c(S(=O)(=O)N(C)C)c1. The van der Waals surface area contributed by atoms with Crippen molar-refractivity contribution < 1.29 is 17.9 Å². The van der Waals surface area contributed by atoms with Gasteiger partial charge in [0.2, 0.25) is 10.0 Å². The molecule has 0 heterocycles. The van der Waals surface area contributed by atoms with Crippen LogP contribution in [0.3, 0.4) is 0 Å². The Morgan fingerprint density at radius 1 is 1.30 bits per heavy atom. The second kappa shape index (κ2) is 7.31. The molecule has 7 heteroatoms. The Labute approximate surface area is 137 Å². The van der Waals surface area contributed by atoms with Crippen LogP contribution in [0, 0.1) is 6.92 Å². The van der Waals surface area contributed by atoms with E-state index in [0.29, 0.717) is 0 Å². The standard InChI is InChI=1S/C16H24N2O4S/c1-12-8-9-14(15(10-12)23(20,21)18(2)3)22-11-16(19)17-13-6-4-5-7-13/h8-10,13H,4-7,11H2,1-3H3,(H,17,19). The quantitative estimate of drug-likeness (QED) is 0.855. The van der Waals surface area contributed by atoms with Gasteiger partial charge in [-0.1, -0.05) is 18.9 Å². The van der Waals surface area contributed by atoms with Gasteiger partial charge in [0.05, 0.1) is 0 Å². The third-order valence-corrected chi connectivity index (χ3v) is 5.77. The lowest BCUT2D eigenvalue weighted by Gasteiger charge is -2.17. The highest BCUT2D eigenvalue weighted by Crippen LogP contribution is 2.27. The normalized spacial score (nSPS) is 15.8. The Morgan fingerprint density at radius 3 is 2.57 bits per heavy atom. The summed E-state index contributed by atoms with van der Waals surface area (Å²) >= 11 is 0. The molecule has 0 unspecified atom stereocenters. The summed E-state index contributed by atoms with van der Waals surface area (Å²) in [6.07, 6.45) is 4.26. The van der Waals surface area contributed by atoms with Gasteiger partial charge in [-0.3, -0.25) is 4.79 Å². The van der Waals surface area contributed by atoms with Gasteiger partial charge in [0.25, 0.3) is 5.91 Å². The highest BCUT2D eigenvalue weighted by atomic mass is 32.2. The predicted octanol–water partition coefficient (Wildman–Crippen LogP) is 1.68. The lowest BCUT2D eigenvalue weighted by atomic mass is 10.2. The van der Waals surface area contributed by atoms with Crippen molar-refractivity contribution in [2.24, 2.45) is 0 Å². The molecule has 1 aliphatic rings. The van der Waals surface area contributed by atoms with E-state index in [-0.39, 0.29) is 29.2 Å². The first-order valence-corrected chi connectivity index (χ1v) is 9.20. The van der Waals surface area contributed by atoms with Crippen LogP contribution in [0.4, 0.5) is 0 Å². The average molecular weight is 340 g/mol. The highest BCUT2D eigenvalue weighted by molar-refractivity contribution is 7.89. The molecule has 1 N–H and O–H groups in total. The molecule has 0 aromatic heterocycles. The van der Waals surface area contributed by atoms with Gasteiger partial charge in [0, 0.05) is 20.1 Å². The zero-order valence-corrected chi connectivity index (χ0v) is 14.6. The van der Waals surface area contributed by atoms with E-state index in [1.54, 1.807) is 18.2 Å². The Balaban J connectivity index is 2.09. The first kappa shape index (κ1) is 17.7. The first-order valence-electron chi connectivity index (χ1n) is 7.76. The maximum absolute atomic E-state index is 12.4. The second-order valence-corrected chi connectivity index (χ2v) is 8.20. The second-order valence-electron chi connectivity index (χ2n) is 6.08. The largest absolute Gasteiger partial charge is 0.482 e. The molecule has 1 aromatic rings. The van der Waals surface area contributed by atoms with Gasteiger partial charge in [0.1, 0.15) is 10.6 Å². The van der Waals surface area contributed by atoms with Gasteiger partial charge in [-0.05, 0) is 37.5 Å². The van der Waals surface area contributed by atoms with Gasteiger partial charge in [-0.2, -0.15) is 0 Å². The van der Waals surface area contributed by atoms with Gasteiger partial charge >= 0.3 is 0 Å². The van der Waals surface area contributed by atoms with Crippen molar-refractivity contribution in [1.29, 1.82) is 0 Å². The van der Waals surface area contributed by atoms with Crippen molar-refractivity contribution in [3.05, 3.63) is 23.8 Å². The predicted molar refractivity (Wildman–Crippen MR) is 87.9 cm³/mol. The topological polar surface area (TPSA) is 75.7 Å². The minimum Gasteiger partial charge on any atom is -0.482 e. The number of hydrogen-bond acceptors (Lipinski definition) is 4. The molecule has 1 aromatic carbocycles. The van der Waals surface area contributed by atoms with Crippen molar-refractivity contribution in [1.82, 2.24) is 9.62 Å². The van der Waals surface area contributed by atoms with E-state index in [1.165, 1.54) is 14.1 Å². The van der Waals surface area contributed by atoms with Crippen molar-refractivity contribution in [2.75, 3.05) is 20.7 Å². The molecule has 0 spiro atoms. The third kappa shape index (κ3) is 4.45. The Kier molecular flexibility index (Phi) is 5.64.